The lowest BCUT2D eigenvalue weighted by Crippen LogP contribution is -2.36. The van der Waals surface area contributed by atoms with E-state index in [0.29, 0.717) is 18.3 Å². The SMILES string of the molecule is CCS(=O)(=O)N1CCCc2cc(NC(=O)NC3CC3)ccc21. The standard InChI is InChI=1S/C15H21N3O3S/c1-2-22(20,21)18-9-3-4-11-10-13(7-8-14(11)18)17-15(19)16-12-5-6-12/h7-8,10,12H,2-6,9H2,1H3,(H2,16,17,19). The molecule has 1 fully saturated rings. The minimum Gasteiger partial charge on any atom is -0.335 e. The minimum atomic E-state index is -3.24. The highest BCUT2D eigenvalue weighted by Gasteiger charge is 2.26. The maximum absolute atomic E-state index is 12.2. The van der Waals surface area contributed by atoms with Gasteiger partial charge in [0, 0.05) is 18.3 Å². The zero-order chi connectivity index (χ0) is 15.7. The number of nitrogens with zero attached hydrogens (tertiary/aromatic N) is 1. The predicted octanol–water partition coefficient (Wildman–Crippen LogP) is 2.07. The summed E-state index contributed by atoms with van der Waals surface area (Å²) < 4.78 is 25.8. The number of hydrogen-bond donors (Lipinski definition) is 2. The van der Waals surface area contributed by atoms with Crippen LogP contribution in [0.25, 0.3) is 0 Å². The number of anilines is 2. The average Bonchev–Trinajstić information content (AvgIpc) is 3.30. The van der Waals surface area contributed by atoms with Crippen LogP contribution in [0.15, 0.2) is 18.2 Å². The molecule has 1 aliphatic carbocycles. The molecule has 0 spiro atoms. The molecule has 0 unspecified atom stereocenters. The molecule has 0 atom stereocenters. The van der Waals surface area contributed by atoms with Crippen LogP contribution in [-0.4, -0.2) is 32.8 Å². The van der Waals surface area contributed by atoms with E-state index in [2.05, 4.69) is 10.6 Å². The largest absolute Gasteiger partial charge is 0.335 e. The number of amides is 2. The van der Waals surface area contributed by atoms with Crippen LogP contribution in [0, 0.1) is 0 Å². The summed E-state index contributed by atoms with van der Waals surface area (Å²) in [6, 6.07) is 5.53. The molecule has 3 rings (SSSR count). The van der Waals surface area contributed by atoms with Gasteiger partial charge in [-0.2, -0.15) is 0 Å². The van der Waals surface area contributed by atoms with Gasteiger partial charge in [0.05, 0.1) is 11.4 Å². The van der Waals surface area contributed by atoms with Gasteiger partial charge in [-0.1, -0.05) is 0 Å². The number of carbonyl (C=O) groups is 1. The maximum atomic E-state index is 12.2. The predicted molar refractivity (Wildman–Crippen MR) is 86.7 cm³/mol. The van der Waals surface area contributed by atoms with E-state index in [4.69, 9.17) is 0 Å². The molecule has 1 aliphatic heterocycles. The number of urea groups is 1. The summed E-state index contributed by atoms with van der Waals surface area (Å²) in [7, 11) is -3.24. The van der Waals surface area contributed by atoms with Crippen molar-refractivity contribution >= 4 is 27.4 Å². The Morgan fingerprint density at radius 2 is 2.14 bits per heavy atom. The van der Waals surface area contributed by atoms with Gasteiger partial charge in [-0.25, -0.2) is 13.2 Å². The van der Waals surface area contributed by atoms with Gasteiger partial charge in [-0.3, -0.25) is 4.31 Å². The molecule has 1 aromatic carbocycles. The lowest BCUT2D eigenvalue weighted by atomic mass is 10.0. The third kappa shape index (κ3) is 3.19. The number of hydrogen-bond acceptors (Lipinski definition) is 3. The topological polar surface area (TPSA) is 78.5 Å². The fourth-order valence-electron chi connectivity index (χ4n) is 2.67. The van der Waals surface area contributed by atoms with Crippen LogP contribution in [0.3, 0.4) is 0 Å². The van der Waals surface area contributed by atoms with Crippen molar-refractivity contribution in [3.8, 4) is 0 Å². The van der Waals surface area contributed by atoms with Crippen LogP contribution in [0.4, 0.5) is 16.2 Å². The average molecular weight is 323 g/mol. The second kappa shape index (κ2) is 5.79. The fourth-order valence-corrected chi connectivity index (χ4v) is 3.86. The van der Waals surface area contributed by atoms with Crippen molar-refractivity contribution in [2.45, 2.75) is 38.6 Å². The van der Waals surface area contributed by atoms with Gasteiger partial charge in [-0.15, -0.1) is 0 Å². The van der Waals surface area contributed by atoms with Gasteiger partial charge in [-0.05, 0) is 56.4 Å². The Morgan fingerprint density at radius 1 is 1.36 bits per heavy atom. The third-order valence-electron chi connectivity index (χ3n) is 4.03. The van der Waals surface area contributed by atoms with Crippen molar-refractivity contribution in [1.82, 2.24) is 5.32 Å². The van der Waals surface area contributed by atoms with Crippen LogP contribution < -0.4 is 14.9 Å². The van der Waals surface area contributed by atoms with Crippen LogP contribution in [0.5, 0.6) is 0 Å². The monoisotopic (exact) mass is 323 g/mol. The second-order valence-electron chi connectivity index (χ2n) is 5.79. The molecule has 1 aromatic rings. The number of rotatable bonds is 4. The van der Waals surface area contributed by atoms with Gasteiger partial charge in [0.25, 0.3) is 0 Å². The summed E-state index contributed by atoms with van der Waals surface area (Å²) in [5.41, 5.74) is 2.40. The summed E-state index contributed by atoms with van der Waals surface area (Å²) in [5, 5.41) is 5.68. The molecule has 6 nitrogen and oxygen atoms in total. The number of carbonyl (C=O) groups excluding carboxylic acids is 1. The molecule has 2 N–H and O–H groups in total. The molecule has 2 amide bonds. The summed E-state index contributed by atoms with van der Waals surface area (Å²) in [6.07, 6.45) is 3.71. The maximum Gasteiger partial charge on any atom is 0.319 e. The molecule has 2 aliphatic rings. The van der Waals surface area contributed by atoms with Gasteiger partial charge in [0.2, 0.25) is 10.0 Å². The lowest BCUT2D eigenvalue weighted by Gasteiger charge is -2.30. The van der Waals surface area contributed by atoms with E-state index in [0.717, 1.165) is 36.9 Å². The van der Waals surface area contributed by atoms with Gasteiger partial charge in [0.15, 0.2) is 0 Å². The van der Waals surface area contributed by atoms with Crippen molar-refractivity contribution in [3.63, 3.8) is 0 Å². The lowest BCUT2D eigenvalue weighted by molar-refractivity contribution is 0.251. The molecular formula is C15H21N3O3S. The van der Waals surface area contributed by atoms with Crippen LogP contribution >= 0.6 is 0 Å². The molecule has 0 aromatic heterocycles. The van der Waals surface area contributed by atoms with Crippen molar-refractivity contribution in [2.24, 2.45) is 0 Å². The summed E-state index contributed by atoms with van der Waals surface area (Å²) >= 11 is 0. The van der Waals surface area contributed by atoms with Crippen LogP contribution in [0.2, 0.25) is 0 Å². The van der Waals surface area contributed by atoms with E-state index in [1.165, 1.54) is 4.31 Å². The third-order valence-corrected chi connectivity index (χ3v) is 5.81. The first kappa shape index (κ1) is 15.1. The van der Waals surface area contributed by atoms with Crippen molar-refractivity contribution in [3.05, 3.63) is 23.8 Å². The molecule has 0 bridgehead atoms. The van der Waals surface area contributed by atoms with Crippen molar-refractivity contribution in [1.29, 1.82) is 0 Å². The van der Waals surface area contributed by atoms with E-state index >= 15 is 0 Å². The Kier molecular flexibility index (Phi) is 3.99. The van der Waals surface area contributed by atoms with Gasteiger partial charge in [0.1, 0.15) is 0 Å². The van der Waals surface area contributed by atoms with E-state index in [9.17, 15) is 13.2 Å². The zero-order valence-electron chi connectivity index (χ0n) is 12.6. The highest BCUT2D eigenvalue weighted by molar-refractivity contribution is 7.92. The molecule has 120 valence electrons. The quantitative estimate of drug-likeness (QED) is 0.890. The molecule has 0 saturated heterocycles. The number of aryl methyl sites for hydroxylation is 1. The van der Waals surface area contributed by atoms with Crippen LogP contribution in [0.1, 0.15) is 31.7 Å². The Hall–Kier alpha value is -1.76. The van der Waals surface area contributed by atoms with E-state index in [1.807, 2.05) is 6.07 Å². The first-order valence-electron chi connectivity index (χ1n) is 7.70. The van der Waals surface area contributed by atoms with Crippen molar-refractivity contribution in [2.75, 3.05) is 21.9 Å². The fraction of sp³-hybridized carbons (Fsp3) is 0.533. The molecule has 1 saturated carbocycles. The number of sulfonamides is 1. The summed E-state index contributed by atoms with van der Waals surface area (Å²) in [4.78, 5) is 11.8. The van der Waals surface area contributed by atoms with E-state index < -0.39 is 10.0 Å². The summed E-state index contributed by atoms with van der Waals surface area (Å²) in [6.45, 7) is 2.18. The van der Waals surface area contributed by atoms with Gasteiger partial charge < -0.3 is 10.6 Å². The molecule has 22 heavy (non-hydrogen) atoms. The first-order valence-corrected chi connectivity index (χ1v) is 9.31. The molecule has 0 radical (unpaired) electrons. The summed E-state index contributed by atoms with van der Waals surface area (Å²) in [5.74, 6) is 0.0935. The van der Waals surface area contributed by atoms with E-state index in [-0.39, 0.29) is 11.8 Å². The Labute approximate surface area is 130 Å². The first-order chi connectivity index (χ1) is 10.5. The van der Waals surface area contributed by atoms with Gasteiger partial charge >= 0.3 is 6.03 Å². The smallest absolute Gasteiger partial charge is 0.319 e. The second-order valence-corrected chi connectivity index (χ2v) is 7.97. The Bertz CT molecular complexity index is 683. The Morgan fingerprint density at radius 3 is 2.82 bits per heavy atom. The van der Waals surface area contributed by atoms with Crippen molar-refractivity contribution < 1.29 is 13.2 Å². The number of benzene rings is 1. The minimum absolute atomic E-state index is 0.0935. The highest BCUT2D eigenvalue weighted by atomic mass is 32.2. The number of nitrogens with one attached hydrogen (secondary N) is 2. The zero-order valence-corrected chi connectivity index (χ0v) is 13.4. The molecule has 1 heterocycles. The molecular weight excluding hydrogens is 302 g/mol. The van der Waals surface area contributed by atoms with E-state index in [1.54, 1.807) is 19.1 Å². The highest BCUT2D eigenvalue weighted by Crippen LogP contribution is 2.31. The Balaban J connectivity index is 1.79. The number of fused-ring (bicyclic) bond motifs is 1. The van der Waals surface area contributed by atoms with Crippen LogP contribution in [-0.2, 0) is 16.4 Å². The normalized spacial score (nSPS) is 17.8. The molecule has 7 heteroatoms.